The van der Waals surface area contributed by atoms with E-state index in [0.29, 0.717) is 44.7 Å². The number of carbonyl (C=O) groups is 1. The quantitative estimate of drug-likeness (QED) is 0.431. The van der Waals surface area contributed by atoms with E-state index in [1.807, 2.05) is 6.07 Å². The first-order valence-corrected chi connectivity index (χ1v) is 16.0. The fourth-order valence-electron chi connectivity index (χ4n) is 6.69. The minimum absolute atomic E-state index is 0.0707. The molecule has 228 valence electrons. The number of carbonyl (C=O) groups excluding carboxylic acids is 1. The summed E-state index contributed by atoms with van der Waals surface area (Å²) >= 11 is 1.72. The molecule has 0 aliphatic carbocycles. The van der Waals surface area contributed by atoms with E-state index in [2.05, 4.69) is 34.4 Å². The highest BCUT2D eigenvalue weighted by molar-refractivity contribution is 7.99. The van der Waals surface area contributed by atoms with Gasteiger partial charge in [0.05, 0.1) is 36.5 Å². The van der Waals surface area contributed by atoms with Crippen molar-refractivity contribution in [3.05, 3.63) is 47.2 Å². The zero-order chi connectivity index (χ0) is 30.1. The molecule has 0 spiro atoms. The summed E-state index contributed by atoms with van der Waals surface area (Å²) in [5.74, 6) is -0.220. The molecule has 6 rings (SSSR count). The minimum Gasteiger partial charge on any atom is -0.462 e. The van der Waals surface area contributed by atoms with Crippen molar-refractivity contribution in [2.45, 2.75) is 62.0 Å². The van der Waals surface area contributed by atoms with Crippen LogP contribution in [-0.2, 0) is 24.2 Å². The van der Waals surface area contributed by atoms with Gasteiger partial charge >= 0.3 is 6.01 Å². The number of nitriles is 1. The molecule has 43 heavy (non-hydrogen) atoms. The molecule has 1 aromatic heterocycles. The number of piperazine rings is 1. The van der Waals surface area contributed by atoms with E-state index >= 15 is 0 Å². The van der Waals surface area contributed by atoms with Crippen LogP contribution in [0, 0.1) is 17.1 Å². The highest BCUT2D eigenvalue weighted by atomic mass is 32.2. The van der Waals surface area contributed by atoms with Crippen LogP contribution in [0.2, 0.25) is 0 Å². The summed E-state index contributed by atoms with van der Waals surface area (Å²) in [6.07, 6.45) is 4.66. The summed E-state index contributed by atoms with van der Waals surface area (Å²) in [7, 11) is 2.10. The van der Waals surface area contributed by atoms with Crippen molar-refractivity contribution < 1.29 is 18.3 Å². The van der Waals surface area contributed by atoms with Gasteiger partial charge in [0, 0.05) is 48.2 Å². The number of nitrogens with zero attached hydrogens (tertiary/aromatic N) is 7. The molecule has 0 N–H and O–H groups in total. The molecule has 0 saturated carbocycles. The Morgan fingerprint density at radius 2 is 2.00 bits per heavy atom. The predicted octanol–water partition coefficient (Wildman–Crippen LogP) is 4.10. The van der Waals surface area contributed by atoms with Crippen molar-refractivity contribution >= 4 is 29.2 Å². The van der Waals surface area contributed by atoms with Gasteiger partial charge in [0.25, 0.3) is 5.91 Å². The number of benzene rings is 1. The molecule has 0 radical (unpaired) electrons. The lowest BCUT2D eigenvalue weighted by atomic mass is 10.0. The van der Waals surface area contributed by atoms with Crippen LogP contribution in [0.3, 0.4) is 0 Å². The number of hydrogen-bond acceptors (Lipinski definition) is 9. The van der Waals surface area contributed by atoms with Crippen molar-refractivity contribution in [1.82, 2.24) is 19.8 Å². The van der Waals surface area contributed by atoms with Gasteiger partial charge in [-0.1, -0.05) is 6.58 Å². The molecule has 12 heteroatoms. The maximum atomic E-state index is 14.7. The Morgan fingerprint density at radius 1 is 1.14 bits per heavy atom. The number of fused-ring (bicyclic) bond motifs is 2. The number of hydrogen-bond donors (Lipinski definition) is 0. The van der Waals surface area contributed by atoms with Gasteiger partial charge < -0.3 is 24.3 Å². The summed E-state index contributed by atoms with van der Waals surface area (Å²) in [4.78, 5) is 31.4. The second-order valence-corrected chi connectivity index (χ2v) is 12.8. The summed E-state index contributed by atoms with van der Waals surface area (Å²) in [5, 5.41) is 9.48. The Balaban J connectivity index is 1.32. The molecule has 5 heterocycles. The van der Waals surface area contributed by atoms with Gasteiger partial charge in [-0.05, 0) is 63.6 Å². The fourth-order valence-corrected chi connectivity index (χ4v) is 7.90. The largest absolute Gasteiger partial charge is 0.462 e. The number of likely N-dealkylation sites (tertiary alicyclic amines) is 1. The lowest BCUT2D eigenvalue weighted by Gasteiger charge is -2.42. The molecule has 0 bridgehead atoms. The van der Waals surface area contributed by atoms with E-state index in [9.17, 15) is 18.8 Å². The lowest BCUT2D eigenvalue weighted by molar-refractivity contribution is -0.131. The van der Waals surface area contributed by atoms with Crippen molar-refractivity contribution in [2.24, 2.45) is 0 Å². The topological polar surface area (TPSA) is 88.8 Å². The molecule has 2 saturated heterocycles. The number of ether oxygens (including phenoxy) is 1. The Bertz CT molecular complexity index is 1450. The number of anilines is 2. The highest BCUT2D eigenvalue weighted by Crippen LogP contribution is 2.41. The van der Waals surface area contributed by atoms with Crippen LogP contribution in [0.1, 0.15) is 42.5 Å². The van der Waals surface area contributed by atoms with Gasteiger partial charge in [0.15, 0.2) is 5.83 Å². The third-order valence-corrected chi connectivity index (χ3v) is 10.3. The molecule has 1 aromatic carbocycles. The number of halogens is 2. The van der Waals surface area contributed by atoms with E-state index in [0.717, 1.165) is 77.7 Å². The first kappa shape index (κ1) is 29.6. The van der Waals surface area contributed by atoms with E-state index in [-0.39, 0.29) is 18.8 Å². The van der Waals surface area contributed by atoms with Gasteiger partial charge in [-0.3, -0.25) is 4.79 Å². The van der Waals surface area contributed by atoms with Crippen LogP contribution >= 0.6 is 11.8 Å². The maximum absolute atomic E-state index is 14.7. The van der Waals surface area contributed by atoms with E-state index in [1.54, 1.807) is 17.8 Å². The van der Waals surface area contributed by atoms with E-state index in [1.165, 1.54) is 4.90 Å². The number of likely N-dealkylation sites (N-methyl/N-ethyl adjacent to an activating group) is 1. The maximum Gasteiger partial charge on any atom is 0.318 e. The summed E-state index contributed by atoms with van der Waals surface area (Å²) < 4.78 is 34.7. The Hall–Kier alpha value is -3.43. The number of rotatable bonds is 7. The normalized spacial score (nSPS) is 22.1. The lowest BCUT2D eigenvalue weighted by Crippen LogP contribution is -2.55. The molecule has 2 aromatic rings. The van der Waals surface area contributed by atoms with Crippen molar-refractivity contribution in [1.29, 1.82) is 5.26 Å². The third kappa shape index (κ3) is 6.02. The molecule has 0 unspecified atom stereocenters. The van der Waals surface area contributed by atoms with Crippen LogP contribution in [0.15, 0.2) is 29.4 Å². The average Bonchev–Trinajstić information content (AvgIpc) is 3.43. The Labute approximate surface area is 255 Å². The van der Waals surface area contributed by atoms with Crippen LogP contribution < -0.4 is 14.5 Å². The van der Waals surface area contributed by atoms with Crippen LogP contribution in [0.5, 0.6) is 6.01 Å². The van der Waals surface area contributed by atoms with Crippen LogP contribution in [-0.4, -0.2) is 89.9 Å². The third-order valence-electron chi connectivity index (χ3n) is 9.04. The zero-order valence-corrected chi connectivity index (χ0v) is 25.3. The monoisotopic (exact) mass is 609 g/mol. The second-order valence-electron chi connectivity index (χ2n) is 11.7. The standard InChI is InChI=1S/C31H37F2N7O2S/c1-20(32)30(41)40-15-14-39(17-21(40)9-11-34)29-24-10-13-38(27-8-7-25(33)23-6-4-16-43-28(23)27)18-26(24)35-31(36-29)42-19-22-5-3-12-37(22)2/h7-8,21-22H,1,3-6,9-10,12-19H2,2H3/t21-,22-/m0/s1. The molecule has 4 aliphatic rings. The van der Waals surface area contributed by atoms with Gasteiger partial charge in [-0.15, -0.1) is 11.8 Å². The average molecular weight is 610 g/mol. The molecule has 4 aliphatic heterocycles. The van der Waals surface area contributed by atoms with Crippen LogP contribution in [0.25, 0.3) is 0 Å². The molecule has 9 nitrogen and oxygen atoms in total. The minimum atomic E-state index is -1.02. The van der Waals surface area contributed by atoms with Crippen molar-refractivity contribution in [2.75, 3.05) is 61.9 Å². The summed E-state index contributed by atoms with van der Waals surface area (Å²) in [6.45, 7) is 6.97. The highest BCUT2D eigenvalue weighted by Gasteiger charge is 2.35. The van der Waals surface area contributed by atoms with E-state index < -0.39 is 17.8 Å². The fraction of sp³-hybridized carbons (Fsp3) is 0.548. The molecule has 2 fully saturated rings. The van der Waals surface area contributed by atoms with E-state index in [4.69, 9.17) is 14.7 Å². The summed E-state index contributed by atoms with van der Waals surface area (Å²) in [6, 6.07) is 5.71. The number of thioether (sulfide) groups is 1. The van der Waals surface area contributed by atoms with Gasteiger partial charge in [-0.25, -0.2) is 8.78 Å². The van der Waals surface area contributed by atoms with Crippen molar-refractivity contribution in [3.8, 4) is 12.1 Å². The Morgan fingerprint density at radius 3 is 2.77 bits per heavy atom. The smallest absolute Gasteiger partial charge is 0.318 e. The molecular formula is C31H37F2N7O2S. The van der Waals surface area contributed by atoms with Crippen LogP contribution in [0.4, 0.5) is 20.3 Å². The Kier molecular flexibility index (Phi) is 8.73. The first-order valence-electron chi connectivity index (χ1n) is 15.0. The summed E-state index contributed by atoms with van der Waals surface area (Å²) in [5.41, 5.74) is 3.71. The molecule has 1 amide bonds. The number of aromatic nitrogens is 2. The van der Waals surface area contributed by atoms with Gasteiger partial charge in [0.2, 0.25) is 0 Å². The number of amides is 1. The zero-order valence-electron chi connectivity index (χ0n) is 24.5. The molecule has 2 atom stereocenters. The SMILES string of the molecule is C=C(F)C(=O)N1CCN(c2nc(OC[C@@H]3CCCN3C)nc3c2CCN(c2ccc(F)c4c2SCCC4)C3)C[C@@H]1CC#N. The van der Waals surface area contributed by atoms with Gasteiger partial charge in [-0.2, -0.15) is 15.2 Å². The van der Waals surface area contributed by atoms with Gasteiger partial charge in [0.1, 0.15) is 18.2 Å². The second kappa shape index (κ2) is 12.7. The first-order chi connectivity index (χ1) is 20.8. The van der Waals surface area contributed by atoms with Crippen molar-refractivity contribution in [3.63, 3.8) is 0 Å². The molecular weight excluding hydrogens is 572 g/mol. The predicted molar refractivity (Wildman–Crippen MR) is 162 cm³/mol.